The van der Waals surface area contributed by atoms with Crippen molar-refractivity contribution in [2.75, 3.05) is 6.54 Å². The van der Waals surface area contributed by atoms with Gasteiger partial charge in [0.2, 0.25) is 0 Å². The standard InChI is InChI=1S/C18H23NS/c1-2-19-18(12-14-10-11-20-13-14)17-8-6-16(7-9-17)15-4-3-5-15/h6-11,13,15,18-19H,2-5,12H2,1H3. The molecule has 1 fully saturated rings. The lowest BCUT2D eigenvalue weighted by Gasteiger charge is -2.26. The van der Waals surface area contributed by atoms with Gasteiger partial charge < -0.3 is 5.32 Å². The van der Waals surface area contributed by atoms with Crippen LogP contribution in [0.25, 0.3) is 0 Å². The SMILES string of the molecule is CCNC(Cc1ccsc1)c1ccc(C2CCC2)cc1. The largest absolute Gasteiger partial charge is 0.310 e. The summed E-state index contributed by atoms with van der Waals surface area (Å²) in [6.45, 7) is 3.20. The average Bonchev–Trinajstić information content (AvgIpc) is 2.90. The summed E-state index contributed by atoms with van der Waals surface area (Å²) in [4.78, 5) is 0. The van der Waals surface area contributed by atoms with E-state index in [4.69, 9.17) is 0 Å². The molecule has 0 radical (unpaired) electrons. The Morgan fingerprint density at radius 2 is 2.00 bits per heavy atom. The fraction of sp³-hybridized carbons (Fsp3) is 0.444. The molecule has 0 saturated heterocycles. The topological polar surface area (TPSA) is 12.0 Å². The second-order valence-corrected chi connectivity index (χ2v) is 6.52. The van der Waals surface area contributed by atoms with Crippen molar-refractivity contribution in [3.8, 4) is 0 Å². The van der Waals surface area contributed by atoms with Crippen molar-refractivity contribution in [2.45, 2.75) is 44.6 Å². The van der Waals surface area contributed by atoms with Gasteiger partial charge in [0, 0.05) is 6.04 Å². The van der Waals surface area contributed by atoms with Crippen LogP contribution in [-0.2, 0) is 6.42 Å². The van der Waals surface area contributed by atoms with Gasteiger partial charge in [-0.15, -0.1) is 0 Å². The first-order valence-electron chi connectivity index (χ1n) is 7.71. The molecule has 1 atom stereocenters. The van der Waals surface area contributed by atoms with E-state index in [-0.39, 0.29) is 0 Å². The molecule has 0 bridgehead atoms. The first kappa shape index (κ1) is 13.8. The number of likely N-dealkylation sites (N-methyl/N-ethyl adjacent to an activating group) is 1. The number of rotatable bonds is 6. The maximum atomic E-state index is 3.62. The van der Waals surface area contributed by atoms with E-state index in [1.807, 2.05) is 0 Å². The highest BCUT2D eigenvalue weighted by Crippen LogP contribution is 2.36. The van der Waals surface area contributed by atoms with E-state index < -0.39 is 0 Å². The number of nitrogens with one attached hydrogen (secondary N) is 1. The van der Waals surface area contributed by atoms with Crippen LogP contribution in [0.15, 0.2) is 41.1 Å². The summed E-state index contributed by atoms with van der Waals surface area (Å²) in [7, 11) is 0. The van der Waals surface area contributed by atoms with Crippen LogP contribution < -0.4 is 5.32 Å². The molecule has 3 rings (SSSR count). The van der Waals surface area contributed by atoms with Gasteiger partial charge in [-0.3, -0.25) is 0 Å². The molecule has 106 valence electrons. The van der Waals surface area contributed by atoms with Gasteiger partial charge in [-0.25, -0.2) is 0 Å². The smallest absolute Gasteiger partial charge is 0.0361 e. The van der Waals surface area contributed by atoms with Crippen LogP contribution in [0.3, 0.4) is 0 Å². The van der Waals surface area contributed by atoms with Crippen LogP contribution >= 0.6 is 11.3 Å². The third kappa shape index (κ3) is 3.13. The summed E-state index contributed by atoms with van der Waals surface area (Å²) >= 11 is 1.78. The summed E-state index contributed by atoms with van der Waals surface area (Å²) in [6.07, 6.45) is 5.25. The molecule has 1 aromatic carbocycles. The average molecular weight is 285 g/mol. The van der Waals surface area contributed by atoms with Gasteiger partial charge >= 0.3 is 0 Å². The monoisotopic (exact) mass is 285 g/mol. The van der Waals surface area contributed by atoms with E-state index in [2.05, 4.69) is 53.3 Å². The van der Waals surface area contributed by atoms with Crippen molar-refractivity contribution < 1.29 is 0 Å². The van der Waals surface area contributed by atoms with Crippen molar-refractivity contribution in [3.05, 3.63) is 57.8 Å². The Balaban J connectivity index is 1.72. The normalized spacial score (nSPS) is 16.9. The third-order valence-corrected chi connectivity index (χ3v) is 5.12. The molecule has 1 aliphatic carbocycles. The molecular formula is C18H23NS. The van der Waals surface area contributed by atoms with E-state index in [9.17, 15) is 0 Å². The van der Waals surface area contributed by atoms with Crippen molar-refractivity contribution in [1.82, 2.24) is 5.32 Å². The zero-order valence-corrected chi connectivity index (χ0v) is 13.0. The molecule has 0 amide bonds. The molecule has 0 spiro atoms. The maximum absolute atomic E-state index is 3.62. The van der Waals surface area contributed by atoms with Gasteiger partial charge in [0.05, 0.1) is 0 Å². The van der Waals surface area contributed by atoms with E-state index in [1.54, 1.807) is 11.3 Å². The van der Waals surface area contributed by atoms with Gasteiger partial charge in [-0.1, -0.05) is 37.6 Å². The van der Waals surface area contributed by atoms with E-state index >= 15 is 0 Å². The summed E-state index contributed by atoms with van der Waals surface area (Å²) in [5, 5.41) is 8.04. The van der Waals surface area contributed by atoms with Crippen molar-refractivity contribution >= 4 is 11.3 Å². The fourth-order valence-corrected chi connectivity index (χ4v) is 3.62. The molecule has 1 unspecified atom stereocenters. The Bertz CT molecular complexity index is 511. The molecule has 1 N–H and O–H groups in total. The van der Waals surface area contributed by atoms with Crippen molar-refractivity contribution in [1.29, 1.82) is 0 Å². The lowest BCUT2D eigenvalue weighted by Crippen LogP contribution is -2.22. The van der Waals surface area contributed by atoms with Crippen LogP contribution in [0, 0.1) is 0 Å². The molecule has 0 aliphatic heterocycles. The zero-order valence-electron chi connectivity index (χ0n) is 12.1. The lowest BCUT2D eigenvalue weighted by atomic mass is 9.79. The van der Waals surface area contributed by atoms with Gasteiger partial charge in [-0.2, -0.15) is 11.3 Å². The Kier molecular flexibility index (Phi) is 4.54. The summed E-state index contributed by atoms with van der Waals surface area (Å²) in [5.74, 6) is 0.832. The highest BCUT2D eigenvalue weighted by Gasteiger charge is 2.19. The van der Waals surface area contributed by atoms with E-state index in [1.165, 1.54) is 36.0 Å². The van der Waals surface area contributed by atoms with Crippen molar-refractivity contribution in [2.24, 2.45) is 0 Å². The Labute approximate surface area is 126 Å². The molecular weight excluding hydrogens is 262 g/mol. The van der Waals surface area contributed by atoms with Gasteiger partial charge in [-0.05, 0) is 65.2 Å². The van der Waals surface area contributed by atoms with Crippen LogP contribution in [0.2, 0.25) is 0 Å². The van der Waals surface area contributed by atoms with Gasteiger partial charge in [0.25, 0.3) is 0 Å². The Morgan fingerprint density at radius 1 is 1.20 bits per heavy atom. The lowest BCUT2D eigenvalue weighted by molar-refractivity contribution is 0.419. The molecule has 1 nitrogen and oxygen atoms in total. The molecule has 1 heterocycles. The first-order valence-corrected chi connectivity index (χ1v) is 8.65. The molecule has 1 saturated carbocycles. The van der Waals surface area contributed by atoms with E-state index in [0.29, 0.717) is 6.04 Å². The van der Waals surface area contributed by atoms with Crippen molar-refractivity contribution in [3.63, 3.8) is 0 Å². The highest BCUT2D eigenvalue weighted by atomic mass is 32.1. The minimum atomic E-state index is 0.435. The Hall–Kier alpha value is -1.12. The minimum absolute atomic E-state index is 0.435. The van der Waals surface area contributed by atoms with Crippen LogP contribution in [-0.4, -0.2) is 6.54 Å². The zero-order chi connectivity index (χ0) is 13.8. The second-order valence-electron chi connectivity index (χ2n) is 5.74. The molecule has 2 heteroatoms. The number of thiophene rings is 1. The van der Waals surface area contributed by atoms with Crippen LogP contribution in [0.5, 0.6) is 0 Å². The van der Waals surface area contributed by atoms with E-state index in [0.717, 1.165) is 18.9 Å². The minimum Gasteiger partial charge on any atom is -0.310 e. The maximum Gasteiger partial charge on any atom is 0.0361 e. The molecule has 1 aliphatic rings. The Morgan fingerprint density at radius 3 is 2.55 bits per heavy atom. The summed E-state index contributed by atoms with van der Waals surface area (Å²) < 4.78 is 0. The fourth-order valence-electron chi connectivity index (χ4n) is 2.94. The summed E-state index contributed by atoms with van der Waals surface area (Å²) in [5.41, 5.74) is 4.39. The van der Waals surface area contributed by atoms with Gasteiger partial charge in [0.15, 0.2) is 0 Å². The van der Waals surface area contributed by atoms with Crippen LogP contribution in [0.4, 0.5) is 0 Å². The van der Waals surface area contributed by atoms with Crippen LogP contribution in [0.1, 0.15) is 54.8 Å². The predicted molar refractivity (Wildman–Crippen MR) is 87.5 cm³/mol. The molecule has 1 aromatic heterocycles. The number of benzene rings is 1. The third-order valence-electron chi connectivity index (χ3n) is 4.39. The highest BCUT2D eigenvalue weighted by molar-refractivity contribution is 7.07. The molecule has 2 aromatic rings. The summed E-state index contributed by atoms with van der Waals surface area (Å²) in [6, 6.07) is 12.0. The second kappa shape index (κ2) is 6.55. The molecule has 20 heavy (non-hydrogen) atoms. The predicted octanol–water partition coefficient (Wildman–Crippen LogP) is 4.91. The first-order chi connectivity index (χ1) is 9.86. The number of hydrogen-bond acceptors (Lipinski definition) is 2. The quantitative estimate of drug-likeness (QED) is 0.795. The van der Waals surface area contributed by atoms with Gasteiger partial charge in [0.1, 0.15) is 0 Å². The number of hydrogen-bond donors (Lipinski definition) is 1.